The fraction of sp³-hybridized carbons (Fsp3) is 0.0909. The third-order valence-electron chi connectivity index (χ3n) is 2.16. The lowest BCUT2D eigenvalue weighted by Crippen LogP contribution is -2.19. The van der Waals surface area contributed by atoms with E-state index in [1.807, 2.05) is 0 Å². The molecule has 0 radical (unpaired) electrons. The van der Waals surface area contributed by atoms with Gasteiger partial charge in [-0.3, -0.25) is 14.9 Å². The van der Waals surface area contributed by atoms with Crippen LogP contribution in [0.25, 0.3) is 0 Å². The zero-order chi connectivity index (χ0) is 16.7. The van der Waals surface area contributed by atoms with Gasteiger partial charge in [0.15, 0.2) is 16.9 Å². The van der Waals surface area contributed by atoms with Crippen molar-refractivity contribution in [3.05, 3.63) is 22.7 Å². The summed E-state index contributed by atoms with van der Waals surface area (Å²) in [6.45, 7) is -0.486. The molecule has 3 N–H and O–H groups in total. The minimum Gasteiger partial charge on any atom is -0.476 e. The normalized spacial score (nSPS) is 10.9. The van der Waals surface area contributed by atoms with Crippen molar-refractivity contribution in [1.29, 1.82) is 0 Å². The number of rotatable bonds is 8. The van der Waals surface area contributed by atoms with E-state index in [0.29, 0.717) is 11.5 Å². The number of aromatic nitrogens is 2. The Morgan fingerprint density at radius 2 is 2.22 bits per heavy atom. The number of hydrogen-bond acceptors (Lipinski definition) is 9. The van der Waals surface area contributed by atoms with E-state index in [1.165, 1.54) is 22.9 Å². The minimum absolute atomic E-state index is 0.00665. The van der Waals surface area contributed by atoms with Gasteiger partial charge < -0.3 is 15.3 Å². The second-order valence-corrected chi connectivity index (χ2v) is 5.46. The van der Waals surface area contributed by atoms with Crippen molar-refractivity contribution in [2.45, 2.75) is 0 Å². The summed E-state index contributed by atoms with van der Waals surface area (Å²) in [6.07, 6.45) is 1.94. The molecule has 2 heterocycles. The number of amides is 2. The molecule has 0 aliphatic heterocycles. The number of thiazole rings is 2. The van der Waals surface area contributed by atoms with Crippen LogP contribution in [-0.2, 0) is 19.2 Å². The number of hydrogen-bond donors (Lipinski definition) is 3. The standard InChI is InChI=1S/C11H9N5O5S2/c17-5-13-11-14-6(4-23-11)8(9(19)20)16-21-3-7(18)15-10-12-1-2-22-10/h1-2,4-5H,3H2,(H,19,20)(H,12,15,18)(H,13,14,17)/b16-8-. The van der Waals surface area contributed by atoms with Crippen LogP contribution >= 0.6 is 22.7 Å². The van der Waals surface area contributed by atoms with Crippen LogP contribution < -0.4 is 10.6 Å². The monoisotopic (exact) mass is 355 g/mol. The van der Waals surface area contributed by atoms with Gasteiger partial charge in [0.05, 0.1) is 0 Å². The van der Waals surface area contributed by atoms with Gasteiger partial charge in [-0.2, -0.15) is 0 Å². The maximum atomic E-state index is 11.5. The maximum Gasteiger partial charge on any atom is 0.360 e. The molecule has 2 amide bonds. The second-order valence-electron chi connectivity index (χ2n) is 3.70. The molecule has 2 rings (SSSR count). The molecule has 12 heteroatoms. The molecule has 2 aromatic heterocycles. The van der Waals surface area contributed by atoms with Gasteiger partial charge in [-0.25, -0.2) is 14.8 Å². The fourth-order valence-electron chi connectivity index (χ4n) is 1.29. The number of carboxylic acids is 1. The van der Waals surface area contributed by atoms with Crippen molar-refractivity contribution in [2.75, 3.05) is 17.2 Å². The van der Waals surface area contributed by atoms with E-state index in [-0.39, 0.29) is 10.8 Å². The molecule has 2 aromatic rings. The van der Waals surface area contributed by atoms with Crippen LogP contribution in [0.3, 0.4) is 0 Å². The first kappa shape index (κ1) is 16.5. The topological polar surface area (TPSA) is 143 Å². The van der Waals surface area contributed by atoms with E-state index < -0.39 is 24.2 Å². The van der Waals surface area contributed by atoms with Crippen LogP contribution in [0.15, 0.2) is 22.1 Å². The first-order valence-corrected chi connectivity index (χ1v) is 7.64. The zero-order valence-electron chi connectivity index (χ0n) is 11.3. The van der Waals surface area contributed by atoms with Crippen molar-refractivity contribution >= 4 is 56.9 Å². The summed E-state index contributed by atoms with van der Waals surface area (Å²) in [4.78, 5) is 45.4. The molecule has 0 aliphatic carbocycles. The van der Waals surface area contributed by atoms with Crippen LogP contribution in [-0.4, -0.2) is 45.7 Å². The van der Waals surface area contributed by atoms with E-state index >= 15 is 0 Å². The maximum absolute atomic E-state index is 11.5. The van der Waals surface area contributed by atoms with Crippen LogP contribution in [0.1, 0.15) is 5.69 Å². The Morgan fingerprint density at radius 1 is 1.39 bits per heavy atom. The molecule has 0 atom stereocenters. The quantitative estimate of drug-likeness (QED) is 0.357. The highest BCUT2D eigenvalue weighted by Gasteiger charge is 2.18. The first-order valence-electron chi connectivity index (χ1n) is 5.89. The molecule has 0 spiro atoms. The van der Waals surface area contributed by atoms with E-state index in [1.54, 1.807) is 5.38 Å². The lowest BCUT2D eigenvalue weighted by atomic mass is 10.3. The summed E-state index contributed by atoms with van der Waals surface area (Å²) in [6, 6.07) is 0. The number of carboxylic acid groups (broad SMARTS) is 1. The summed E-state index contributed by atoms with van der Waals surface area (Å²) < 4.78 is 0. The van der Waals surface area contributed by atoms with Gasteiger partial charge in [0.1, 0.15) is 5.69 Å². The number of nitrogens with one attached hydrogen (secondary N) is 2. The number of carbonyl (C=O) groups is 3. The van der Waals surface area contributed by atoms with Gasteiger partial charge in [0, 0.05) is 17.0 Å². The Morgan fingerprint density at radius 3 is 2.87 bits per heavy atom. The van der Waals surface area contributed by atoms with Crippen LogP contribution in [0.5, 0.6) is 0 Å². The summed E-state index contributed by atoms with van der Waals surface area (Å²) in [5, 5.41) is 20.9. The third kappa shape index (κ3) is 4.82. The molecule has 0 saturated carbocycles. The van der Waals surface area contributed by atoms with Gasteiger partial charge in [-0.1, -0.05) is 5.16 Å². The summed E-state index contributed by atoms with van der Waals surface area (Å²) in [7, 11) is 0. The number of aliphatic carboxylic acids is 1. The molecular weight excluding hydrogens is 346 g/mol. The van der Waals surface area contributed by atoms with Gasteiger partial charge in [-0.15, -0.1) is 22.7 Å². The van der Waals surface area contributed by atoms with E-state index in [9.17, 15) is 14.4 Å². The molecule has 0 fully saturated rings. The second kappa shape index (κ2) is 7.95. The number of oxime groups is 1. The van der Waals surface area contributed by atoms with Crippen molar-refractivity contribution < 1.29 is 24.3 Å². The van der Waals surface area contributed by atoms with E-state index in [2.05, 4.69) is 25.8 Å². The molecule has 23 heavy (non-hydrogen) atoms. The van der Waals surface area contributed by atoms with Crippen molar-refractivity contribution in [1.82, 2.24) is 9.97 Å². The zero-order valence-corrected chi connectivity index (χ0v) is 12.9. The smallest absolute Gasteiger partial charge is 0.360 e. The first-order chi connectivity index (χ1) is 11.1. The Balaban J connectivity index is 1.97. The predicted octanol–water partition coefficient (Wildman–Crippen LogP) is 0.612. The minimum atomic E-state index is -1.38. The van der Waals surface area contributed by atoms with E-state index in [0.717, 1.165) is 11.3 Å². The molecular formula is C11H9N5O5S2. The molecule has 10 nitrogen and oxygen atoms in total. The third-order valence-corrected chi connectivity index (χ3v) is 3.62. The van der Waals surface area contributed by atoms with Crippen LogP contribution in [0, 0.1) is 0 Å². The van der Waals surface area contributed by atoms with Gasteiger partial charge in [-0.05, 0) is 0 Å². The number of anilines is 2. The summed E-state index contributed by atoms with van der Waals surface area (Å²) in [5.41, 5.74) is -0.477. The Kier molecular flexibility index (Phi) is 5.71. The van der Waals surface area contributed by atoms with Crippen LogP contribution in [0.4, 0.5) is 10.3 Å². The summed E-state index contributed by atoms with van der Waals surface area (Å²) >= 11 is 2.25. The van der Waals surface area contributed by atoms with Gasteiger partial charge in [0.25, 0.3) is 5.91 Å². The van der Waals surface area contributed by atoms with Crippen molar-refractivity contribution in [3.8, 4) is 0 Å². The fourth-order valence-corrected chi connectivity index (χ4v) is 2.49. The van der Waals surface area contributed by atoms with E-state index in [4.69, 9.17) is 9.94 Å². The lowest BCUT2D eigenvalue weighted by molar-refractivity contribution is -0.130. The van der Waals surface area contributed by atoms with Gasteiger partial charge in [0.2, 0.25) is 12.1 Å². The largest absolute Gasteiger partial charge is 0.476 e. The highest BCUT2D eigenvalue weighted by Crippen LogP contribution is 2.15. The predicted molar refractivity (Wildman–Crippen MR) is 82.7 cm³/mol. The Labute approximate surface area is 136 Å². The summed E-state index contributed by atoms with van der Waals surface area (Å²) in [5.74, 6) is -1.91. The van der Waals surface area contributed by atoms with Gasteiger partial charge >= 0.3 is 5.97 Å². The Hall–Kier alpha value is -2.86. The molecule has 0 aliphatic rings. The highest BCUT2D eigenvalue weighted by molar-refractivity contribution is 7.14. The van der Waals surface area contributed by atoms with Crippen LogP contribution in [0.2, 0.25) is 0 Å². The Bertz CT molecular complexity index is 727. The average Bonchev–Trinajstić information content (AvgIpc) is 3.15. The molecule has 0 aromatic carbocycles. The average molecular weight is 355 g/mol. The number of nitrogens with zero attached hydrogens (tertiary/aromatic N) is 3. The molecule has 0 unspecified atom stereocenters. The number of carbonyl (C=O) groups excluding carboxylic acids is 2. The highest BCUT2D eigenvalue weighted by atomic mass is 32.1. The molecule has 0 saturated heterocycles. The SMILES string of the molecule is O=CNc1nc(/C(=N/OCC(=O)Nc2nccs2)C(=O)O)cs1. The molecule has 120 valence electrons. The lowest BCUT2D eigenvalue weighted by Gasteiger charge is -2.01. The van der Waals surface area contributed by atoms with Crippen molar-refractivity contribution in [3.63, 3.8) is 0 Å². The van der Waals surface area contributed by atoms with Crippen molar-refractivity contribution in [2.24, 2.45) is 5.16 Å². The molecule has 0 bridgehead atoms.